The molecule has 0 spiro atoms. The first-order valence-corrected chi connectivity index (χ1v) is 8.84. The molecule has 1 saturated heterocycles. The minimum Gasteiger partial charge on any atom is -0.493 e. The Hall–Kier alpha value is -2.00. The molecule has 1 aromatic carbocycles. The molecule has 0 aromatic heterocycles. The molecule has 1 N–H and O–H groups in total. The lowest BCUT2D eigenvalue weighted by Gasteiger charge is -2.16. The van der Waals surface area contributed by atoms with Crippen molar-refractivity contribution in [3.8, 4) is 11.5 Å². The Morgan fingerprint density at radius 3 is 2.56 bits per heavy atom. The van der Waals surface area contributed by atoms with Crippen LogP contribution in [0.2, 0.25) is 0 Å². The average Bonchev–Trinajstić information content (AvgIpc) is 2.81. The van der Waals surface area contributed by atoms with Crippen LogP contribution < -0.4 is 9.47 Å². The number of methoxy groups -OCH3 is 1. The van der Waals surface area contributed by atoms with Gasteiger partial charge in [0.05, 0.1) is 12.0 Å². The zero-order valence-electron chi connectivity index (χ0n) is 13.7. The van der Waals surface area contributed by atoms with E-state index >= 15 is 0 Å². The van der Waals surface area contributed by atoms with Crippen molar-refractivity contribution in [3.63, 3.8) is 0 Å². The number of aliphatic carboxylic acids is 1. The molecular formula is C16H16BrNO6S. The van der Waals surface area contributed by atoms with E-state index in [4.69, 9.17) is 14.6 Å². The predicted molar refractivity (Wildman–Crippen MR) is 96.8 cm³/mol. The number of imide groups is 1. The van der Waals surface area contributed by atoms with Crippen LogP contribution in [-0.4, -0.2) is 46.9 Å². The van der Waals surface area contributed by atoms with Crippen molar-refractivity contribution in [2.24, 2.45) is 0 Å². The first-order valence-electron chi connectivity index (χ1n) is 7.23. The lowest BCUT2D eigenvalue weighted by atomic mass is 10.1. The van der Waals surface area contributed by atoms with Gasteiger partial charge in [0.1, 0.15) is 0 Å². The molecule has 0 bridgehead atoms. The van der Waals surface area contributed by atoms with Crippen LogP contribution in [0.15, 0.2) is 21.5 Å². The van der Waals surface area contributed by atoms with Crippen LogP contribution in [0.5, 0.6) is 11.5 Å². The number of carboxylic acids is 1. The number of nitrogens with zero attached hydrogens (tertiary/aromatic N) is 1. The standard InChI is InChI=1S/C16H16BrNO6S/c1-8(2)18-15(21)13(25-16(18)22)5-9-4-11(23-3)12(6-10(9)17)24-7-14(19)20/h4-6,8H,7H2,1-3H3,(H,19,20)/b13-5-. The summed E-state index contributed by atoms with van der Waals surface area (Å²) in [5.41, 5.74) is 0.605. The zero-order valence-corrected chi connectivity index (χ0v) is 16.1. The van der Waals surface area contributed by atoms with E-state index in [0.29, 0.717) is 20.7 Å². The second-order valence-electron chi connectivity index (χ2n) is 5.35. The Kier molecular flexibility index (Phi) is 6.12. The van der Waals surface area contributed by atoms with Crippen molar-refractivity contribution < 1.29 is 29.0 Å². The number of thioether (sulfide) groups is 1. The van der Waals surface area contributed by atoms with Crippen LogP contribution in [0.25, 0.3) is 6.08 Å². The maximum Gasteiger partial charge on any atom is 0.341 e. The van der Waals surface area contributed by atoms with Gasteiger partial charge in [0.2, 0.25) is 0 Å². The van der Waals surface area contributed by atoms with Gasteiger partial charge in [-0.3, -0.25) is 14.5 Å². The maximum absolute atomic E-state index is 12.4. The fourth-order valence-corrected chi connectivity index (χ4v) is 3.53. The Morgan fingerprint density at radius 2 is 2.04 bits per heavy atom. The summed E-state index contributed by atoms with van der Waals surface area (Å²) in [5.74, 6) is -0.880. The lowest BCUT2D eigenvalue weighted by Crippen LogP contribution is -2.34. The molecule has 0 atom stereocenters. The SMILES string of the molecule is COc1cc(/C=C2\SC(=O)N(C(C)C)C2=O)c(Br)cc1OCC(=O)O. The zero-order chi connectivity index (χ0) is 18.7. The number of ether oxygens (including phenoxy) is 2. The molecule has 1 aliphatic heterocycles. The van der Waals surface area contributed by atoms with E-state index in [-0.39, 0.29) is 22.9 Å². The van der Waals surface area contributed by atoms with Crippen molar-refractivity contribution in [1.29, 1.82) is 0 Å². The molecule has 7 nitrogen and oxygen atoms in total. The quantitative estimate of drug-likeness (QED) is 0.692. The monoisotopic (exact) mass is 429 g/mol. The summed E-state index contributed by atoms with van der Waals surface area (Å²) in [6, 6.07) is 2.94. The van der Waals surface area contributed by atoms with Gasteiger partial charge in [0.25, 0.3) is 11.1 Å². The molecule has 0 radical (unpaired) electrons. The molecule has 25 heavy (non-hydrogen) atoms. The highest BCUT2D eigenvalue weighted by Crippen LogP contribution is 2.38. The van der Waals surface area contributed by atoms with E-state index in [1.165, 1.54) is 12.0 Å². The molecular weight excluding hydrogens is 414 g/mol. The Labute approximate surface area is 157 Å². The highest BCUT2D eigenvalue weighted by atomic mass is 79.9. The van der Waals surface area contributed by atoms with E-state index in [0.717, 1.165) is 11.8 Å². The molecule has 1 aromatic rings. The molecule has 1 heterocycles. The number of halogens is 1. The molecule has 0 aliphatic carbocycles. The normalized spacial score (nSPS) is 16.0. The maximum atomic E-state index is 12.4. The summed E-state index contributed by atoms with van der Waals surface area (Å²) in [7, 11) is 1.42. The van der Waals surface area contributed by atoms with Crippen molar-refractivity contribution in [3.05, 3.63) is 27.1 Å². The van der Waals surface area contributed by atoms with Crippen molar-refractivity contribution in [2.45, 2.75) is 19.9 Å². The highest BCUT2D eigenvalue weighted by molar-refractivity contribution is 9.10. The van der Waals surface area contributed by atoms with Gasteiger partial charge < -0.3 is 14.6 Å². The van der Waals surface area contributed by atoms with Crippen LogP contribution in [0.3, 0.4) is 0 Å². The first-order chi connectivity index (χ1) is 11.7. The second kappa shape index (κ2) is 7.92. The molecule has 2 amide bonds. The molecule has 2 rings (SSSR count). The summed E-state index contributed by atoms with van der Waals surface area (Å²) < 4.78 is 11.0. The fourth-order valence-electron chi connectivity index (χ4n) is 2.14. The number of carboxylic acid groups (broad SMARTS) is 1. The van der Waals surface area contributed by atoms with Crippen LogP contribution >= 0.6 is 27.7 Å². The predicted octanol–water partition coefficient (Wildman–Crippen LogP) is 3.37. The van der Waals surface area contributed by atoms with Crippen LogP contribution in [0.4, 0.5) is 4.79 Å². The van der Waals surface area contributed by atoms with E-state index < -0.39 is 12.6 Å². The van der Waals surface area contributed by atoms with Gasteiger partial charge in [-0.05, 0) is 49.4 Å². The van der Waals surface area contributed by atoms with Gasteiger partial charge in [-0.25, -0.2) is 4.79 Å². The average molecular weight is 430 g/mol. The number of rotatable bonds is 6. The lowest BCUT2D eigenvalue weighted by molar-refractivity contribution is -0.139. The van der Waals surface area contributed by atoms with Crippen molar-refractivity contribution >= 4 is 50.9 Å². The number of amides is 2. The van der Waals surface area contributed by atoms with E-state index in [1.54, 1.807) is 32.1 Å². The minimum atomic E-state index is -1.11. The van der Waals surface area contributed by atoms with Crippen LogP contribution in [-0.2, 0) is 9.59 Å². The van der Waals surface area contributed by atoms with Gasteiger partial charge in [-0.2, -0.15) is 0 Å². The Morgan fingerprint density at radius 1 is 1.36 bits per heavy atom. The third-order valence-electron chi connectivity index (χ3n) is 3.26. The van der Waals surface area contributed by atoms with E-state index in [9.17, 15) is 14.4 Å². The third-order valence-corrected chi connectivity index (χ3v) is 4.83. The van der Waals surface area contributed by atoms with Gasteiger partial charge >= 0.3 is 5.97 Å². The van der Waals surface area contributed by atoms with Crippen LogP contribution in [0.1, 0.15) is 19.4 Å². The summed E-state index contributed by atoms with van der Waals surface area (Å²) in [5, 5.41) is 8.40. The molecule has 1 fully saturated rings. The number of hydrogen-bond acceptors (Lipinski definition) is 6. The Bertz CT molecular complexity index is 761. The highest BCUT2D eigenvalue weighted by Gasteiger charge is 2.36. The van der Waals surface area contributed by atoms with Gasteiger partial charge in [-0.1, -0.05) is 15.9 Å². The summed E-state index contributed by atoms with van der Waals surface area (Å²) in [4.78, 5) is 36.5. The minimum absolute atomic E-state index is 0.219. The van der Waals surface area contributed by atoms with Crippen molar-refractivity contribution in [1.82, 2.24) is 4.90 Å². The fraction of sp³-hybridized carbons (Fsp3) is 0.312. The van der Waals surface area contributed by atoms with Crippen molar-refractivity contribution in [2.75, 3.05) is 13.7 Å². The smallest absolute Gasteiger partial charge is 0.341 e. The summed E-state index contributed by atoms with van der Waals surface area (Å²) in [6.07, 6.45) is 1.58. The molecule has 9 heteroatoms. The molecule has 1 aliphatic rings. The molecule has 134 valence electrons. The number of benzene rings is 1. The number of carbonyl (C=O) groups is 3. The van der Waals surface area contributed by atoms with Gasteiger partial charge in [0.15, 0.2) is 18.1 Å². The third kappa shape index (κ3) is 4.35. The second-order valence-corrected chi connectivity index (χ2v) is 7.20. The number of hydrogen-bond donors (Lipinski definition) is 1. The molecule has 0 unspecified atom stereocenters. The largest absolute Gasteiger partial charge is 0.493 e. The van der Waals surface area contributed by atoms with Crippen LogP contribution in [0, 0.1) is 0 Å². The topological polar surface area (TPSA) is 93.1 Å². The summed E-state index contributed by atoms with van der Waals surface area (Å²) >= 11 is 4.23. The Balaban J connectivity index is 2.35. The van der Waals surface area contributed by atoms with Gasteiger partial charge in [-0.15, -0.1) is 0 Å². The van der Waals surface area contributed by atoms with E-state index in [2.05, 4.69) is 15.9 Å². The summed E-state index contributed by atoms with van der Waals surface area (Å²) in [6.45, 7) is 3.04. The van der Waals surface area contributed by atoms with Gasteiger partial charge in [0, 0.05) is 10.5 Å². The van der Waals surface area contributed by atoms with E-state index in [1.807, 2.05) is 0 Å². The first kappa shape index (κ1) is 19.3. The number of carbonyl (C=O) groups excluding carboxylic acids is 2. The molecule has 0 saturated carbocycles.